The average Bonchev–Trinajstić information content (AvgIpc) is 2.66. The van der Waals surface area contributed by atoms with Gasteiger partial charge in [0, 0.05) is 24.1 Å². The van der Waals surface area contributed by atoms with Crippen molar-refractivity contribution in [3.05, 3.63) is 59.3 Å². The fourth-order valence-electron chi connectivity index (χ4n) is 3.06. The first-order valence-corrected chi connectivity index (χ1v) is 9.98. The Labute approximate surface area is 169 Å². The van der Waals surface area contributed by atoms with E-state index in [4.69, 9.17) is 9.47 Å². The molecule has 0 radical (unpaired) electrons. The van der Waals surface area contributed by atoms with Gasteiger partial charge in [-0.3, -0.25) is 9.78 Å². The highest BCUT2D eigenvalue weighted by Gasteiger charge is 2.15. The predicted octanol–water partition coefficient (Wildman–Crippen LogP) is 5.40. The van der Waals surface area contributed by atoms with Crippen LogP contribution in [0.1, 0.15) is 44.7 Å². The Balaban J connectivity index is 1.64. The van der Waals surface area contributed by atoms with E-state index in [2.05, 4.69) is 11.1 Å². The van der Waals surface area contributed by atoms with E-state index < -0.39 is 17.4 Å². The van der Waals surface area contributed by atoms with Gasteiger partial charge in [-0.25, -0.2) is 8.78 Å². The number of carbonyl (C=O) groups is 1. The van der Waals surface area contributed by atoms with Crippen molar-refractivity contribution in [1.29, 1.82) is 0 Å². The van der Waals surface area contributed by atoms with Crippen molar-refractivity contribution in [3.8, 4) is 17.0 Å². The number of benzene rings is 1. The maximum Gasteiger partial charge on any atom is 0.305 e. The zero-order valence-corrected chi connectivity index (χ0v) is 16.5. The van der Waals surface area contributed by atoms with Gasteiger partial charge in [0.1, 0.15) is 0 Å². The van der Waals surface area contributed by atoms with Crippen molar-refractivity contribution >= 4 is 5.97 Å². The van der Waals surface area contributed by atoms with E-state index in [0.717, 1.165) is 25.0 Å². The Hall–Kier alpha value is -2.76. The third-order valence-electron chi connectivity index (χ3n) is 4.77. The van der Waals surface area contributed by atoms with Crippen LogP contribution in [0, 0.1) is 11.6 Å². The van der Waals surface area contributed by atoms with Crippen LogP contribution in [0.15, 0.2) is 42.0 Å². The summed E-state index contributed by atoms with van der Waals surface area (Å²) in [5.41, 5.74) is 3.18. The largest absolute Gasteiger partial charge is 0.488 e. The summed E-state index contributed by atoms with van der Waals surface area (Å²) in [6, 6.07) is 7.92. The van der Waals surface area contributed by atoms with Crippen LogP contribution in [0.3, 0.4) is 0 Å². The van der Waals surface area contributed by atoms with Gasteiger partial charge in [-0.05, 0) is 56.9 Å². The zero-order chi connectivity index (χ0) is 20.6. The number of hydrogen-bond donors (Lipinski definition) is 0. The summed E-state index contributed by atoms with van der Waals surface area (Å²) >= 11 is 0. The van der Waals surface area contributed by atoms with E-state index in [1.807, 2.05) is 12.1 Å². The molecule has 0 spiro atoms. The molecule has 0 unspecified atom stereocenters. The van der Waals surface area contributed by atoms with Gasteiger partial charge < -0.3 is 9.47 Å². The van der Waals surface area contributed by atoms with Gasteiger partial charge in [0.15, 0.2) is 17.4 Å². The van der Waals surface area contributed by atoms with Gasteiger partial charge >= 0.3 is 5.97 Å². The van der Waals surface area contributed by atoms with Crippen molar-refractivity contribution in [2.75, 3.05) is 13.2 Å². The highest BCUT2D eigenvalue weighted by atomic mass is 19.1. The van der Waals surface area contributed by atoms with Crippen LogP contribution in [0.4, 0.5) is 8.78 Å². The molecule has 29 heavy (non-hydrogen) atoms. The highest BCUT2D eigenvalue weighted by molar-refractivity contribution is 5.69. The van der Waals surface area contributed by atoms with Gasteiger partial charge in [-0.1, -0.05) is 17.7 Å². The molecule has 3 rings (SSSR count). The molecule has 1 heterocycles. The normalized spacial score (nSPS) is 13.0. The first-order valence-electron chi connectivity index (χ1n) is 9.98. The molecule has 0 amide bonds. The quantitative estimate of drug-likeness (QED) is 0.321. The number of nitrogens with zero attached hydrogens (tertiary/aromatic N) is 1. The van der Waals surface area contributed by atoms with Crippen LogP contribution in [-0.4, -0.2) is 24.2 Å². The Morgan fingerprint density at radius 2 is 1.97 bits per heavy atom. The van der Waals surface area contributed by atoms with Crippen LogP contribution >= 0.6 is 0 Å². The minimum Gasteiger partial charge on any atom is -0.488 e. The Morgan fingerprint density at radius 3 is 2.62 bits per heavy atom. The lowest BCUT2D eigenvalue weighted by Crippen LogP contribution is -2.08. The molecule has 1 aliphatic rings. The standard InChI is InChI=1S/C23H25F2NO3/c1-2-28-22(27)10-5-13-29-23-19(24)14-17(15-20(23)25)21-9-4-8-18(26-21)12-11-16-6-3-7-16/h4,8-9,11,14-15H,2-3,5-7,10,12-13H2,1H3. The number of esters is 1. The van der Waals surface area contributed by atoms with Crippen LogP contribution in [-0.2, 0) is 16.0 Å². The number of ether oxygens (including phenoxy) is 2. The number of halogens is 2. The van der Waals surface area contributed by atoms with E-state index in [-0.39, 0.29) is 19.0 Å². The number of pyridine rings is 1. The predicted molar refractivity (Wildman–Crippen MR) is 107 cm³/mol. The van der Waals surface area contributed by atoms with Crippen molar-refractivity contribution in [1.82, 2.24) is 4.98 Å². The first kappa shape index (κ1) is 21.0. The van der Waals surface area contributed by atoms with E-state index in [1.54, 1.807) is 13.0 Å². The molecule has 0 N–H and O–H groups in total. The van der Waals surface area contributed by atoms with Gasteiger partial charge in [-0.2, -0.15) is 0 Å². The van der Waals surface area contributed by atoms with Gasteiger partial charge in [-0.15, -0.1) is 0 Å². The summed E-state index contributed by atoms with van der Waals surface area (Å²) in [4.78, 5) is 15.8. The average molecular weight is 401 g/mol. The smallest absolute Gasteiger partial charge is 0.305 e. The maximum atomic E-state index is 14.4. The summed E-state index contributed by atoms with van der Waals surface area (Å²) in [6.45, 7) is 2.04. The lowest BCUT2D eigenvalue weighted by Gasteiger charge is -2.15. The number of rotatable bonds is 9. The summed E-state index contributed by atoms with van der Waals surface area (Å²) in [5, 5.41) is 0. The van der Waals surface area contributed by atoms with Crippen LogP contribution in [0.2, 0.25) is 0 Å². The topological polar surface area (TPSA) is 48.4 Å². The molecular weight excluding hydrogens is 376 g/mol. The summed E-state index contributed by atoms with van der Waals surface area (Å²) in [6.07, 6.45) is 6.91. The number of hydrogen-bond acceptors (Lipinski definition) is 4. The molecule has 0 aliphatic heterocycles. The lowest BCUT2D eigenvalue weighted by atomic mass is 9.91. The molecule has 1 saturated carbocycles. The van der Waals surface area contributed by atoms with E-state index in [9.17, 15) is 13.6 Å². The number of allylic oxidation sites excluding steroid dienone is 2. The molecule has 1 aromatic heterocycles. The van der Waals surface area contributed by atoms with Crippen molar-refractivity contribution < 1.29 is 23.0 Å². The highest BCUT2D eigenvalue weighted by Crippen LogP contribution is 2.29. The first-order chi connectivity index (χ1) is 14.1. The summed E-state index contributed by atoms with van der Waals surface area (Å²) in [7, 11) is 0. The number of carbonyl (C=O) groups excluding carboxylic acids is 1. The van der Waals surface area contributed by atoms with E-state index >= 15 is 0 Å². The Bertz CT molecular complexity index is 866. The zero-order valence-electron chi connectivity index (χ0n) is 16.5. The molecule has 1 aliphatic carbocycles. The minimum atomic E-state index is -0.792. The van der Waals surface area contributed by atoms with Crippen molar-refractivity contribution in [3.63, 3.8) is 0 Å². The van der Waals surface area contributed by atoms with Crippen LogP contribution in [0.5, 0.6) is 5.75 Å². The second kappa shape index (κ2) is 10.1. The van der Waals surface area contributed by atoms with E-state index in [0.29, 0.717) is 24.3 Å². The van der Waals surface area contributed by atoms with Crippen LogP contribution in [0.25, 0.3) is 11.3 Å². The molecular formula is C23H25F2NO3. The molecule has 0 atom stereocenters. The molecule has 2 aromatic rings. The van der Waals surface area contributed by atoms with Gasteiger partial charge in [0.2, 0.25) is 0 Å². The lowest BCUT2D eigenvalue weighted by molar-refractivity contribution is -0.143. The summed E-state index contributed by atoms with van der Waals surface area (Å²) in [5.74, 6) is -2.38. The molecule has 0 saturated heterocycles. The Kier molecular flexibility index (Phi) is 7.33. The second-order valence-corrected chi connectivity index (χ2v) is 6.96. The SMILES string of the molecule is CCOC(=O)CCCOc1c(F)cc(-c2cccc(CC=C3CCC3)n2)cc1F. The molecule has 154 valence electrons. The third kappa shape index (κ3) is 5.86. The fraction of sp³-hybridized carbons (Fsp3) is 0.391. The Morgan fingerprint density at radius 1 is 1.21 bits per heavy atom. The molecule has 4 nitrogen and oxygen atoms in total. The van der Waals surface area contributed by atoms with E-state index in [1.165, 1.54) is 24.1 Å². The van der Waals surface area contributed by atoms with Crippen molar-refractivity contribution in [2.45, 2.75) is 45.4 Å². The van der Waals surface area contributed by atoms with Gasteiger partial charge in [0.05, 0.1) is 18.9 Å². The third-order valence-corrected chi connectivity index (χ3v) is 4.77. The molecule has 1 aromatic carbocycles. The molecule has 0 bridgehead atoms. The van der Waals surface area contributed by atoms with Crippen LogP contribution < -0.4 is 4.74 Å². The minimum absolute atomic E-state index is 0.0222. The molecule has 6 heteroatoms. The van der Waals surface area contributed by atoms with Gasteiger partial charge in [0.25, 0.3) is 0 Å². The summed E-state index contributed by atoms with van der Waals surface area (Å²) < 4.78 is 38.8. The second-order valence-electron chi connectivity index (χ2n) is 6.96. The number of aromatic nitrogens is 1. The monoisotopic (exact) mass is 401 g/mol. The van der Waals surface area contributed by atoms with Crippen molar-refractivity contribution in [2.24, 2.45) is 0 Å². The molecule has 1 fully saturated rings. The fourth-order valence-corrected chi connectivity index (χ4v) is 3.06. The maximum absolute atomic E-state index is 14.4.